The standard InChI is InChI=1S/C11H16ClNS/c1-4-14-11-6-5-9(7-10(11)12)8(2)13-3/h5-8,13H,4H2,1-3H3. The molecule has 1 nitrogen and oxygen atoms in total. The van der Waals surface area contributed by atoms with Crippen LogP contribution in [0.3, 0.4) is 0 Å². The van der Waals surface area contributed by atoms with Crippen LogP contribution in [0.1, 0.15) is 25.5 Å². The Morgan fingerprint density at radius 3 is 2.71 bits per heavy atom. The predicted octanol–water partition coefficient (Wildman–Crippen LogP) is 3.73. The predicted molar refractivity (Wildman–Crippen MR) is 65.3 cm³/mol. The molecule has 0 amide bonds. The van der Waals surface area contributed by atoms with Crippen LogP contribution >= 0.6 is 23.4 Å². The number of hydrogen-bond acceptors (Lipinski definition) is 2. The Hall–Kier alpha value is -0.180. The van der Waals surface area contributed by atoms with Gasteiger partial charge in [0, 0.05) is 10.9 Å². The smallest absolute Gasteiger partial charge is 0.0545 e. The minimum absolute atomic E-state index is 0.355. The zero-order valence-corrected chi connectivity index (χ0v) is 10.4. The summed E-state index contributed by atoms with van der Waals surface area (Å²) in [4.78, 5) is 1.17. The highest BCUT2D eigenvalue weighted by atomic mass is 35.5. The summed E-state index contributed by atoms with van der Waals surface area (Å²) >= 11 is 7.94. The highest BCUT2D eigenvalue weighted by Gasteiger charge is 2.05. The monoisotopic (exact) mass is 229 g/mol. The Kier molecular flexibility index (Phi) is 4.79. The Morgan fingerprint density at radius 1 is 1.50 bits per heavy atom. The van der Waals surface area contributed by atoms with Crippen LogP contribution in [0.25, 0.3) is 0 Å². The molecule has 1 unspecified atom stereocenters. The van der Waals surface area contributed by atoms with Gasteiger partial charge in [0.1, 0.15) is 0 Å². The van der Waals surface area contributed by atoms with Gasteiger partial charge in [-0.1, -0.05) is 24.6 Å². The third kappa shape index (κ3) is 2.91. The quantitative estimate of drug-likeness (QED) is 0.790. The minimum atomic E-state index is 0.355. The van der Waals surface area contributed by atoms with Gasteiger partial charge in [0.15, 0.2) is 0 Å². The molecule has 1 atom stereocenters. The summed E-state index contributed by atoms with van der Waals surface area (Å²) in [6, 6.07) is 6.62. The summed E-state index contributed by atoms with van der Waals surface area (Å²) < 4.78 is 0. The first-order valence-corrected chi connectivity index (χ1v) is 6.15. The number of hydrogen-bond donors (Lipinski definition) is 1. The normalized spacial score (nSPS) is 12.9. The van der Waals surface area contributed by atoms with Crippen LogP contribution in [0.2, 0.25) is 5.02 Å². The lowest BCUT2D eigenvalue weighted by Gasteiger charge is -2.12. The molecule has 0 radical (unpaired) electrons. The number of benzene rings is 1. The maximum atomic E-state index is 6.16. The van der Waals surface area contributed by atoms with Gasteiger partial charge in [-0.15, -0.1) is 11.8 Å². The molecule has 0 aliphatic heterocycles. The molecule has 0 spiro atoms. The van der Waals surface area contributed by atoms with Crippen LogP contribution < -0.4 is 5.32 Å². The van der Waals surface area contributed by atoms with Crippen molar-refractivity contribution in [2.45, 2.75) is 24.8 Å². The molecular formula is C11H16ClNS. The highest BCUT2D eigenvalue weighted by Crippen LogP contribution is 2.29. The van der Waals surface area contributed by atoms with E-state index in [4.69, 9.17) is 11.6 Å². The van der Waals surface area contributed by atoms with E-state index in [9.17, 15) is 0 Å². The molecule has 0 saturated heterocycles. The molecule has 0 aliphatic carbocycles. The Labute approximate surface area is 95.2 Å². The molecule has 1 aromatic carbocycles. The van der Waals surface area contributed by atoms with E-state index in [1.54, 1.807) is 11.8 Å². The van der Waals surface area contributed by atoms with Gasteiger partial charge in [-0.05, 0) is 37.4 Å². The average molecular weight is 230 g/mol. The fourth-order valence-electron chi connectivity index (χ4n) is 1.23. The molecule has 1 N–H and O–H groups in total. The summed E-state index contributed by atoms with van der Waals surface area (Å²) in [5.41, 5.74) is 1.23. The van der Waals surface area contributed by atoms with E-state index in [-0.39, 0.29) is 0 Å². The maximum Gasteiger partial charge on any atom is 0.0545 e. The summed E-state index contributed by atoms with van der Waals surface area (Å²) in [6.45, 7) is 4.25. The van der Waals surface area contributed by atoms with Crippen LogP contribution in [0.5, 0.6) is 0 Å². The molecule has 78 valence electrons. The molecule has 1 aromatic rings. The van der Waals surface area contributed by atoms with Crippen molar-refractivity contribution < 1.29 is 0 Å². The van der Waals surface area contributed by atoms with E-state index < -0.39 is 0 Å². The van der Waals surface area contributed by atoms with Crippen molar-refractivity contribution in [1.82, 2.24) is 5.32 Å². The molecule has 14 heavy (non-hydrogen) atoms. The van der Waals surface area contributed by atoms with Gasteiger partial charge in [-0.3, -0.25) is 0 Å². The molecule has 1 rings (SSSR count). The topological polar surface area (TPSA) is 12.0 Å². The summed E-state index contributed by atoms with van der Waals surface area (Å²) in [5, 5.41) is 4.05. The Morgan fingerprint density at radius 2 is 2.21 bits per heavy atom. The summed E-state index contributed by atoms with van der Waals surface area (Å²) in [5.74, 6) is 1.06. The maximum absolute atomic E-state index is 6.16. The third-order valence-electron chi connectivity index (χ3n) is 2.19. The number of nitrogens with one attached hydrogen (secondary N) is 1. The van der Waals surface area contributed by atoms with Gasteiger partial charge in [0.05, 0.1) is 5.02 Å². The lowest BCUT2D eigenvalue weighted by molar-refractivity contribution is 0.652. The first kappa shape index (κ1) is 11.9. The van der Waals surface area contributed by atoms with Gasteiger partial charge in [0.2, 0.25) is 0 Å². The van der Waals surface area contributed by atoms with Gasteiger partial charge >= 0.3 is 0 Å². The van der Waals surface area contributed by atoms with Crippen molar-refractivity contribution >= 4 is 23.4 Å². The lowest BCUT2D eigenvalue weighted by Crippen LogP contribution is -2.12. The van der Waals surface area contributed by atoms with Gasteiger partial charge in [0.25, 0.3) is 0 Å². The van der Waals surface area contributed by atoms with Crippen molar-refractivity contribution in [3.8, 4) is 0 Å². The van der Waals surface area contributed by atoms with E-state index >= 15 is 0 Å². The highest BCUT2D eigenvalue weighted by molar-refractivity contribution is 7.99. The van der Waals surface area contributed by atoms with Crippen LogP contribution in [-0.2, 0) is 0 Å². The molecule has 0 aliphatic rings. The number of halogens is 1. The molecule has 0 heterocycles. The molecule has 3 heteroatoms. The lowest BCUT2D eigenvalue weighted by atomic mass is 10.1. The largest absolute Gasteiger partial charge is 0.313 e. The summed E-state index contributed by atoms with van der Waals surface area (Å²) in [7, 11) is 1.95. The van der Waals surface area contributed by atoms with E-state index in [1.165, 1.54) is 10.5 Å². The van der Waals surface area contributed by atoms with Crippen LogP contribution in [0, 0.1) is 0 Å². The van der Waals surface area contributed by atoms with E-state index in [2.05, 4.69) is 31.3 Å². The fourth-order valence-corrected chi connectivity index (χ4v) is 2.25. The average Bonchev–Trinajstić information content (AvgIpc) is 2.20. The molecule has 0 aromatic heterocycles. The summed E-state index contributed by atoms with van der Waals surface area (Å²) in [6.07, 6.45) is 0. The van der Waals surface area contributed by atoms with Gasteiger partial charge in [-0.2, -0.15) is 0 Å². The molecule has 0 saturated carbocycles. The van der Waals surface area contributed by atoms with Gasteiger partial charge in [-0.25, -0.2) is 0 Å². The van der Waals surface area contributed by atoms with Crippen molar-refractivity contribution in [3.63, 3.8) is 0 Å². The van der Waals surface area contributed by atoms with Crippen molar-refractivity contribution in [1.29, 1.82) is 0 Å². The second-order valence-corrected chi connectivity index (χ2v) is 4.85. The first-order valence-electron chi connectivity index (χ1n) is 4.78. The van der Waals surface area contributed by atoms with E-state index in [0.29, 0.717) is 6.04 Å². The third-order valence-corrected chi connectivity index (χ3v) is 3.57. The van der Waals surface area contributed by atoms with Crippen molar-refractivity contribution in [2.75, 3.05) is 12.8 Å². The fraction of sp³-hybridized carbons (Fsp3) is 0.455. The molecule has 0 bridgehead atoms. The zero-order chi connectivity index (χ0) is 10.6. The van der Waals surface area contributed by atoms with E-state index in [0.717, 1.165) is 10.8 Å². The van der Waals surface area contributed by atoms with Crippen LogP contribution in [0.4, 0.5) is 0 Å². The Balaban J connectivity index is 2.88. The molecular weight excluding hydrogens is 214 g/mol. The second kappa shape index (κ2) is 5.64. The number of thioether (sulfide) groups is 1. The first-order chi connectivity index (χ1) is 6.69. The minimum Gasteiger partial charge on any atom is -0.313 e. The zero-order valence-electron chi connectivity index (χ0n) is 8.80. The van der Waals surface area contributed by atoms with Crippen LogP contribution in [-0.4, -0.2) is 12.8 Å². The van der Waals surface area contributed by atoms with Crippen molar-refractivity contribution in [3.05, 3.63) is 28.8 Å². The van der Waals surface area contributed by atoms with Gasteiger partial charge < -0.3 is 5.32 Å². The number of rotatable bonds is 4. The Bertz CT molecular complexity index is 301. The van der Waals surface area contributed by atoms with E-state index in [1.807, 2.05) is 13.1 Å². The molecule has 0 fully saturated rings. The van der Waals surface area contributed by atoms with Crippen molar-refractivity contribution in [2.24, 2.45) is 0 Å². The SMILES string of the molecule is CCSc1ccc(C(C)NC)cc1Cl. The van der Waals surface area contributed by atoms with Crippen LogP contribution in [0.15, 0.2) is 23.1 Å². The second-order valence-electron chi connectivity index (χ2n) is 3.13.